The number of aliphatic hydroxyl groups is 2. The number of oxime groups is 1. The van der Waals surface area contributed by atoms with E-state index in [4.69, 9.17) is 21.2 Å². The Bertz CT molecular complexity index is 128. The lowest BCUT2D eigenvalue weighted by atomic mass is 10.4. The molecule has 11 heavy (non-hydrogen) atoms. The smallest absolute Gasteiger partial charge is 0.153 e. The molecule has 0 radical (unpaired) electrons. The van der Waals surface area contributed by atoms with E-state index in [1.807, 2.05) is 0 Å². The zero-order valence-electron chi connectivity index (χ0n) is 6.06. The van der Waals surface area contributed by atoms with Gasteiger partial charge in [0.15, 0.2) is 5.84 Å². The van der Waals surface area contributed by atoms with Gasteiger partial charge in [-0.05, 0) is 0 Å². The SMILES string of the molecule is NC(CNCC(O)CO)=NO. The van der Waals surface area contributed by atoms with Gasteiger partial charge in [0, 0.05) is 6.54 Å². The van der Waals surface area contributed by atoms with Crippen molar-refractivity contribution >= 4 is 5.84 Å². The number of nitrogens with zero attached hydrogens (tertiary/aromatic N) is 1. The molecule has 0 spiro atoms. The molecule has 0 saturated heterocycles. The van der Waals surface area contributed by atoms with Gasteiger partial charge in [0.05, 0.1) is 19.3 Å². The van der Waals surface area contributed by atoms with E-state index in [-0.39, 0.29) is 25.5 Å². The summed E-state index contributed by atoms with van der Waals surface area (Å²) in [6, 6.07) is 0. The molecule has 0 amide bonds. The van der Waals surface area contributed by atoms with Crippen molar-refractivity contribution in [3.8, 4) is 0 Å². The molecule has 0 aliphatic carbocycles. The van der Waals surface area contributed by atoms with Crippen molar-refractivity contribution in [2.75, 3.05) is 19.7 Å². The van der Waals surface area contributed by atoms with Crippen LogP contribution in [0.2, 0.25) is 0 Å². The summed E-state index contributed by atoms with van der Waals surface area (Å²) in [5, 5.41) is 30.6. The van der Waals surface area contributed by atoms with Crippen LogP contribution in [0, 0.1) is 0 Å². The molecule has 66 valence electrons. The standard InChI is InChI=1S/C5H13N3O3/c6-5(8-11)2-7-1-4(10)3-9/h4,7,9-11H,1-3H2,(H2,6,8). The topological polar surface area (TPSA) is 111 Å². The van der Waals surface area contributed by atoms with E-state index in [0.717, 1.165) is 0 Å². The Morgan fingerprint density at radius 2 is 2.27 bits per heavy atom. The minimum absolute atomic E-state index is 0.0372. The summed E-state index contributed by atoms with van der Waals surface area (Å²) in [6.07, 6.45) is -0.804. The van der Waals surface area contributed by atoms with Crippen molar-refractivity contribution in [1.29, 1.82) is 0 Å². The highest BCUT2D eigenvalue weighted by atomic mass is 16.4. The first-order valence-electron chi connectivity index (χ1n) is 3.16. The molecule has 0 heterocycles. The summed E-state index contributed by atoms with van der Waals surface area (Å²) in [4.78, 5) is 0. The number of hydrogen-bond donors (Lipinski definition) is 5. The van der Waals surface area contributed by atoms with E-state index in [1.54, 1.807) is 0 Å². The molecular weight excluding hydrogens is 150 g/mol. The van der Waals surface area contributed by atoms with Gasteiger partial charge in [-0.25, -0.2) is 0 Å². The third-order valence-electron chi connectivity index (χ3n) is 1.03. The van der Waals surface area contributed by atoms with Crippen LogP contribution in [0.15, 0.2) is 5.16 Å². The van der Waals surface area contributed by atoms with Gasteiger partial charge in [0.25, 0.3) is 0 Å². The van der Waals surface area contributed by atoms with E-state index in [1.165, 1.54) is 0 Å². The molecule has 0 rings (SSSR count). The number of nitrogens with two attached hydrogens (primary N) is 1. The Hall–Kier alpha value is -0.850. The van der Waals surface area contributed by atoms with Crippen LogP contribution in [0.1, 0.15) is 0 Å². The first kappa shape index (κ1) is 10.2. The van der Waals surface area contributed by atoms with Crippen LogP contribution < -0.4 is 11.1 Å². The molecule has 6 nitrogen and oxygen atoms in total. The van der Waals surface area contributed by atoms with Crippen molar-refractivity contribution in [1.82, 2.24) is 5.32 Å². The van der Waals surface area contributed by atoms with E-state index < -0.39 is 6.10 Å². The summed E-state index contributed by atoms with van der Waals surface area (Å²) in [7, 11) is 0. The second-order valence-corrected chi connectivity index (χ2v) is 2.06. The van der Waals surface area contributed by atoms with Gasteiger partial charge >= 0.3 is 0 Å². The van der Waals surface area contributed by atoms with Crippen LogP contribution in [0.25, 0.3) is 0 Å². The summed E-state index contributed by atoms with van der Waals surface area (Å²) in [6.45, 7) is 0.101. The molecule has 0 aromatic rings. The van der Waals surface area contributed by atoms with Crippen LogP contribution in [-0.2, 0) is 0 Å². The summed E-state index contributed by atoms with van der Waals surface area (Å²) in [5.74, 6) is 0.0372. The van der Waals surface area contributed by atoms with Gasteiger partial charge in [-0.15, -0.1) is 0 Å². The lowest BCUT2D eigenvalue weighted by molar-refractivity contribution is 0.0955. The number of amidine groups is 1. The van der Waals surface area contributed by atoms with Crippen molar-refractivity contribution in [3.05, 3.63) is 0 Å². The minimum Gasteiger partial charge on any atom is -0.409 e. The molecule has 1 unspecified atom stereocenters. The van der Waals surface area contributed by atoms with Crippen molar-refractivity contribution in [2.45, 2.75) is 6.10 Å². The molecule has 0 saturated carbocycles. The Balaban J connectivity index is 3.27. The molecule has 0 fully saturated rings. The zero-order valence-corrected chi connectivity index (χ0v) is 6.06. The van der Waals surface area contributed by atoms with Gasteiger partial charge in [0.2, 0.25) is 0 Å². The summed E-state index contributed by atoms with van der Waals surface area (Å²) >= 11 is 0. The van der Waals surface area contributed by atoms with E-state index >= 15 is 0 Å². The van der Waals surface area contributed by atoms with Gasteiger partial charge in [-0.1, -0.05) is 5.16 Å². The third-order valence-corrected chi connectivity index (χ3v) is 1.03. The minimum atomic E-state index is -0.804. The first-order valence-corrected chi connectivity index (χ1v) is 3.16. The second kappa shape index (κ2) is 5.90. The van der Waals surface area contributed by atoms with Gasteiger partial charge in [-0.3, -0.25) is 0 Å². The van der Waals surface area contributed by atoms with E-state index in [0.29, 0.717) is 0 Å². The Morgan fingerprint density at radius 1 is 1.64 bits per heavy atom. The van der Waals surface area contributed by atoms with Crippen LogP contribution in [-0.4, -0.2) is 47.1 Å². The molecule has 6 heteroatoms. The predicted molar refractivity (Wildman–Crippen MR) is 39.4 cm³/mol. The highest BCUT2D eigenvalue weighted by molar-refractivity contribution is 5.81. The van der Waals surface area contributed by atoms with E-state index in [2.05, 4.69) is 10.5 Å². The fourth-order valence-corrected chi connectivity index (χ4v) is 0.467. The van der Waals surface area contributed by atoms with Crippen molar-refractivity contribution < 1.29 is 15.4 Å². The highest BCUT2D eigenvalue weighted by Crippen LogP contribution is 1.75. The Labute approximate surface area is 64.3 Å². The second-order valence-electron chi connectivity index (χ2n) is 2.06. The first-order chi connectivity index (χ1) is 5.20. The number of hydrogen-bond acceptors (Lipinski definition) is 5. The predicted octanol–water partition coefficient (Wildman–Crippen LogP) is -2.32. The monoisotopic (exact) mass is 163 g/mol. The average Bonchev–Trinajstić information content (AvgIpc) is 2.04. The molecule has 0 aromatic heterocycles. The molecule has 0 aromatic carbocycles. The normalized spacial score (nSPS) is 14.9. The van der Waals surface area contributed by atoms with Gasteiger partial charge in [0.1, 0.15) is 0 Å². The van der Waals surface area contributed by atoms with Gasteiger partial charge in [-0.2, -0.15) is 0 Å². The average molecular weight is 163 g/mol. The van der Waals surface area contributed by atoms with Crippen LogP contribution in [0.4, 0.5) is 0 Å². The fraction of sp³-hybridized carbons (Fsp3) is 0.800. The van der Waals surface area contributed by atoms with Crippen molar-refractivity contribution in [3.63, 3.8) is 0 Å². The molecule has 0 aliphatic rings. The van der Waals surface area contributed by atoms with E-state index in [9.17, 15) is 0 Å². The maximum Gasteiger partial charge on any atom is 0.153 e. The molecule has 1 atom stereocenters. The lowest BCUT2D eigenvalue weighted by Gasteiger charge is -2.07. The summed E-state index contributed by atoms with van der Waals surface area (Å²) < 4.78 is 0. The lowest BCUT2D eigenvalue weighted by Crippen LogP contribution is -2.35. The highest BCUT2D eigenvalue weighted by Gasteiger charge is 2.00. The largest absolute Gasteiger partial charge is 0.409 e. The molecule has 0 bridgehead atoms. The van der Waals surface area contributed by atoms with Crippen molar-refractivity contribution in [2.24, 2.45) is 10.9 Å². The maximum atomic E-state index is 8.79. The molecule has 6 N–H and O–H groups in total. The molecular formula is C5H13N3O3. The van der Waals surface area contributed by atoms with Gasteiger partial charge < -0.3 is 26.5 Å². The Morgan fingerprint density at radius 3 is 2.73 bits per heavy atom. The molecule has 0 aliphatic heterocycles. The van der Waals surface area contributed by atoms with Crippen LogP contribution >= 0.6 is 0 Å². The fourth-order valence-electron chi connectivity index (χ4n) is 0.467. The third kappa shape index (κ3) is 5.59. The number of aliphatic hydroxyl groups excluding tert-OH is 2. The zero-order chi connectivity index (χ0) is 8.69. The quantitative estimate of drug-likeness (QED) is 0.135. The van der Waals surface area contributed by atoms with Crippen LogP contribution in [0.3, 0.4) is 0 Å². The maximum absolute atomic E-state index is 8.79. The summed E-state index contributed by atoms with van der Waals surface area (Å²) in [5.41, 5.74) is 5.09. The number of rotatable bonds is 5. The van der Waals surface area contributed by atoms with Crippen LogP contribution in [0.5, 0.6) is 0 Å². The Kier molecular flexibility index (Phi) is 5.44. The number of nitrogens with one attached hydrogen (secondary N) is 1.